The molecule has 2 aromatic heterocycles. The molecule has 1 aliphatic carbocycles. The fourth-order valence-corrected chi connectivity index (χ4v) is 5.55. The summed E-state index contributed by atoms with van der Waals surface area (Å²) in [6.07, 6.45) is 6.88. The average molecular weight is 698 g/mol. The molecule has 1 fully saturated rings. The first kappa shape index (κ1) is 26.1. The van der Waals surface area contributed by atoms with Crippen LogP contribution in [0, 0.1) is 12.1 Å². The largest absolute Gasteiger partial charge is 0.494 e. The predicted octanol–water partition coefficient (Wildman–Crippen LogP) is 8.54. The van der Waals surface area contributed by atoms with Gasteiger partial charge >= 0.3 is 6.01 Å². The summed E-state index contributed by atoms with van der Waals surface area (Å²) in [6, 6.07) is 45.3. The molecule has 197 valence electrons. The molecule has 0 unspecified atom stereocenters. The smallest absolute Gasteiger partial charge is 0.483 e. The van der Waals surface area contributed by atoms with Gasteiger partial charge in [-0.15, -0.1) is 42.0 Å². The first-order valence-corrected chi connectivity index (χ1v) is 13.5. The Hall–Kier alpha value is -4.14. The molecule has 5 heteroatoms. The molecule has 1 saturated carbocycles. The maximum Gasteiger partial charge on any atom is 0.494 e. The quantitative estimate of drug-likeness (QED) is 0.137. The summed E-state index contributed by atoms with van der Waals surface area (Å²) >= 11 is 0. The van der Waals surface area contributed by atoms with Gasteiger partial charge in [-0.05, 0) is 36.1 Å². The molecule has 0 spiro atoms. The Morgan fingerprint density at radius 2 is 1.55 bits per heavy atom. The number of para-hydroxylation sites is 3. The van der Waals surface area contributed by atoms with Gasteiger partial charge in [0.15, 0.2) is 6.04 Å². The summed E-state index contributed by atoms with van der Waals surface area (Å²) in [7, 11) is 0. The Labute approximate surface area is 247 Å². The van der Waals surface area contributed by atoms with E-state index in [9.17, 15) is 0 Å². The van der Waals surface area contributed by atoms with Gasteiger partial charge in [0.05, 0.1) is 0 Å². The van der Waals surface area contributed by atoms with Crippen LogP contribution >= 0.6 is 0 Å². The van der Waals surface area contributed by atoms with Crippen LogP contribution < -0.4 is 4.58 Å². The first-order valence-electron chi connectivity index (χ1n) is 13.5. The molecule has 0 amide bonds. The molecule has 0 bridgehead atoms. The number of nitrogens with zero attached hydrogens (tertiary/aromatic N) is 3. The van der Waals surface area contributed by atoms with Crippen LogP contribution in [-0.2, 0) is 20.1 Å². The second-order valence-electron chi connectivity index (χ2n) is 9.92. The van der Waals surface area contributed by atoms with E-state index in [4.69, 9.17) is 4.42 Å². The SMILES string of the molecule is C1=[N+](c2[c-]cc3c(c2)oc2ccccc23)c2ccccc2[N+]=1C1CCCC1.[Ir].[c-]1ccccc1-c1ccccn1. The molecule has 40 heavy (non-hydrogen) atoms. The molecule has 0 saturated heterocycles. The van der Waals surface area contributed by atoms with Crippen molar-refractivity contribution >= 4 is 45.0 Å². The topological polar surface area (TPSA) is 32.0 Å². The first-order chi connectivity index (χ1) is 19.3. The van der Waals surface area contributed by atoms with Crippen LogP contribution in [0.4, 0.5) is 17.1 Å². The van der Waals surface area contributed by atoms with Gasteiger partial charge in [-0.1, -0.05) is 63.1 Å². The number of benzene rings is 4. The van der Waals surface area contributed by atoms with E-state index in [0.717, 1.165) is 44.6 Å². The van der Waals surface area contributed by atoms with Gasteiger partial charge in [0, 0.05) is 56.9 Å². The summed E-state index contributed by atoms with van der Waals surface area (Å²) in [5, 5.41) is 2.24. The molecule has 0 atom stereocenters. The molecule has 1 aliphatic heterocycles. The fraction of sp³-hybridized carbons (Fsp3) is 0.143. The van der Waals surface area contributed by atoms with Gasteiger partial charge in [0.25, 0.3) is 11.4 Å². The third-order valence-corrected chi connectivity index (χ3v) is 7.47. The molecular weight excluding hydrogens is 671 g/mol. The number of rotatable bonds is 3. The molecule has 4 aromatic carbocycles. The normalized spacial score (nSPS) is 14.2. The molecule has 2 aliphatic rings. The minimum atomic E-state index is 0. The van der Waals surface area contributed by atoms with Crippen LogP contribution in [0.3, 0.4) is 0 Å². The van der Waals surface area contributed by atoms with Crippen LogP contribution in [-0.4, -0.2) is 21.6 Å². The predicted molar refractivity (Wildman–Crippen MR) is 156 cm³/mol. The number of furan rings is 1. The second-order valence-corrected chi connectivity index (χ2v) is 9.92. The van der Waals surface area contributed by atoms with Crippen molar-refractivity contribution < 1.29 is 29.1 Å². The van der Waals surface area contributed by atoms with Crippen molar-refractivity contribution in [3.8, 4) is 11.3 Å². The Kier molecular flexibility index (Phi) is 7.53. The Morgan fingerprint density at radius 3 is 2.35 bits per heavy atom. The summed E-state index contributed by atoms with van der Waals surface area (Å²) < 4.78 is 10.5. The van der Waals surface area contributed by atoms with Crippen molar-refractivity contribution in [3.05, 3.63) is 121 Å². The van der Waals surface area contributed by atoms with Crippen molar-refractivity contribution in [2.45, 2.75) is 31.7 Å². The Balaban J connectivity index is 0.000000188. The van der Waals surface area contributed by atoms with Crippen LogP contribution in [0.1, 0.15) is 25.7 Å². The van der Waals surface area contributed by atoms with Crippen molar-refractivity contribution in [3.63, 3.8) is 0 Å². The van der Waals surface area contributed by atoms with E-state index in [1.54, 1.807) is 6.20 Å². The van der Waals surface area contributed by atoms with Crippen LogP contribution in [0.15, 0.2) is 114 Å². The standard InChI is InChI=1S/C24H19N2O.C11H8N.Ir/c1-2-8-17(7-1)25-16-26(22-11-5-4-10-21(22)25)18-13-14-20-19-9-3-6-12-23(19)27-24(20)15-18;1-2-6-10(7-3-1)11-8-4-5-9-12-11;/h3-6,9-12,14-15,17H,1-2,7-8H2;1-6,8-9H;/q+1;-1;. The van der Waals surface area contributed by atoms with E-state index in [2.05, 4.69) is 68.7 Å². The van der Waals surface area contributed by atoms with Gasteiger partial charge in [-0.3, -0.25) is 0 Å². The monoisotopic (exact) mass is 698 g/mol. The zero-order chi connectivity index (χ0) is 26.0. The number of fused-ring (bicyclic) bond motifs is 4. The number of pyridine rings is 1. The maximum absolute atomic E-state index is 6.08. The van der Waals surface area contributed by atoms with Gasteiger partial charge in [0.1, 0.15) is 11.3 Å². The number of hydrogen-bond acceptors (Lipinski definition) is 2. The number of aromatic nitrogens is 1. The average Bonchev–Trinajstić information content (AvgIpc) is 3.75. The molecular formula is C35H27IrN3O. The molecule has 4 nitrogen and oxygen atoms in total. The molecule has 6 aromatic rings. The van der Waals surface area contributed by atoms with Crippen molar-refractivity contribution in [2.24, 2.45) is 0 Å². The van der Waals surface area contributed by atoms with E-state index in [1.807, 2.05) is 66.7 Å². The van der Waals surface area contributed by atoms with Crippen LogP contribution in [0.5, 0.6) is 0 Å². The van der Waals surface area contributed by atoms with Gasteiger partial charge in [-0.2, -0.15) is 6.07 Å². The minimum absolute atomic E-state index is 0. The van der Waals surface area contributed by atoms with Crippen molar-refractivity contribution in [1.82, 2.24) is 9.56 Å². The van der Waals surface area contributed by atoms with Crippen molar-refractivity contribution in [1.29, 1.82) is 0 Å². The zero-order valence-corrected chi connectivity index (χ0v) is 24.3. The van der Waals surface area contributed by atoms with E-state index in [0.29, 0.717) is 6.04 Å². The van der Waals surface area contributed by atoms with Crippen LogP contribution in [0.25, 0.3) is 33.2 Å². The summed E-state index contributed by atoms with van der Waals surface area (Å²) in [4.78, 5) is 4.22. The number of hydrogen-bond donors (Lipinski definition) is 0. The summed E-state index contributed by atoms with van der Waals surface area (Å²) in [5.41, 5.74) is 7.19. The van der Waals surface area contributed by atoms with E-state index >= 15 is 0 Å². The molecule has 3 heterocycles. The van der Waals surface area contributed by atoms with E-state index < -0.39 is 0 Å². The Morgan fingerprint density at radius 1 is 0.775 bits per heavy atom. The van der Waals surface area contributed by atoms with Gasteiger partial charge in [-0.25, -0.2) is 0 Å². The van der Waals surface area contributed by atoms with E-state index in [-0.39, 0.29) is 20.1 Å². The molecule has 8 rings (SSSR count). The fourth-order valence-electron chi connectivity index (χ4n) is 5.55. The van der Waals surface area contributed by atoms with Crippen LogP contribution in [0.2, 0.25) is 0 Å². The van der Waals surface area contributed by atoms with Gasteiger partial charge in [0.2, 0.25) is 0 Å². The minimum Gasteiger partial charge on any atom is -0.483 e. The third-order valence-electron chi connectivity index (χ3n) is 7.47. The van der Waals surface area contributed by atoms with Crippen molar-refractivity contribution in [2.75, 3.05) is 0 Å². The summed E-state index contributed by atoms with van der Waals surface area (Å²) in [5.74, 6) is 0. The summed E-state index contributed by atoms with van der Waals surface area (Å²) in [6.45, 7) is 0. The Bertz CT molecular complexity index is 1810. The second kappa shape index (κ2) is 11.5. The molecule has 0 N–H and O–H groups in total. The maximum atomic E-state index is 6.08. The molecule has 1 radical (unpaired) electrons. The zero-order valence-electron chi connectivity index (χ0n) is 21.9. The van der Waals surface area contributed by atoms with Gasteiger partial charge < -0.3 is 9.40 Å². The third kappa shape index (κ3) is 4.96. The van der Waals surface area contributed by atoms with E-state index in [1.165, 1.54) is 31.4 Å².